The summed E-state index contributed by atoms with van der Waals surface area (Å²) in [6, 6.07) is 12.4. The molecule has 1 aliphatic rings. The second-order valence-electron chi connectivity index (χ2n) is 5.42. The minimum atomic E-state index is -0.465. The fourth-order valence-corrected chi connectivity index (χ4v) is 3.41. The predicted molar refractivity (Wildman–Crippen MR) is 101 cm³/mol. The van der Waals surface area contributed by atoms with Crippen LogP contribution in [0.3, 0.4) is 0 Å². The highest BCUT2D eigenvalue weighted by molar-refractivity contribution is 8.18. The quantitative estimate of drug-likeness (QED) is 0.500. The van der Waals surface area contributed by atoms with Gasteiger partial charge in [-0.2, -0.15) is 0 Å². The molecule has 0 spiro atoms. The zero-order valence-electron chi connectivity index (χ0n) is 13.8. The summed E-state index contributed by atoms with van der Waals surface area (Å²) in [5.41, 5.74) is 1.34. The lowest BCUT2D eigenvalue weighted by atomic mass is 10.2. The Bertz CT molecular complexity index is 905. The van der Waals surface area contributed by atoms with E-state index in [2.05, 4.69) is 4.99 Å². The van der Waals surface area contributed by atoms with E-state index in [4.69, 9.17) is 0 Å². The summed E-state index contributed by atoms with van der Waals surface area (Å²) >= 11 is 1.25. The highest BCUT2D eigenvalue weighted by Gasteiger charge is 2.32. The van der Waals surface area contributed by atoms with Gasteiger partial charge in [-0.15, -0.1) is 0 Å². The third-order valence-corrected chi connectivity index (χ3v) is 4.69. The minimum Gasteiger partial charge on any atom is -0.508 e. The molecule has 7 nitrogen and oxygen atoms in total. The van der Waals surface area contributed by atoms with Crippen LogP contribution in [0.2, 0.25) is 0 Å². The normalized spacial score (nSPS) is 17.3. The maximum Gasteiger partial charge on any atom is 0.269 e. The van der Waals surface area contributed by atoms with E-state index >= 15 is 0 Å². The van der Waals surface area contributed by atoms with E-state index in [0.29, 0.717) is 27.9 Å². The van der Waals surface area contributed by atoms with Gasteiger partial charge in [0.15, 0.2) is 5.17 Å². The molecule has 1 aliphatic heterocycles. The Morgan fingerprint density at radius 2 is 1.85 bits per heavy atom. The van der Waals surface area contributed by atoms with Gasteiger partial charge < -0.3 is 5.11 Å². The summed E-state index contributed by atoms with van der Waals surface area (Å²) in [5, 5.41) is 20.6. The number of likely N-dealkylation sites (N-methyl/N-ethyl adjacent to an activating group) is 1. The molecule has 1 fully saturated rings. The molecule has 1 N–H and O–H groups in total. The number of hydrogen-bond donors (Lipinski definition) is 1. The van der Waals surface area contributed by atoms with Gasteiger partial charge in [0.1, 0.15) is 5.75 Å². The summed E-state index contributed by atoms with van der Waals surface area (Å²) in [7, 11) is 0. The maximum absolute atomic E-state index is 12.6. The molecule has 26 heavy (non-hydrogen) atoms. The zero-order valence-corrected chi connectivity index (χ0v) is 14.6. The smallest absolute Gasteiger partial charge is 0.269 e. The Kier molecular flexibility index (Phi) is 5.04. The summed E-state index contributed by atoms with van der Waals surface area (Å²) in [6.07, 6.45) is 1.69. The van der Waals surface area contributed by atoms with E-state index in [-0.39, 0.29) is 17.3 Å². The average Bonchev–Trinajstić information content (AvgIpc) is 2.92. The molecule has 0 aromatic heterocycles. The third-order valence-electron chi connectivity index (χ3n) is 3.68. The molecule has 3 rings (SSSR count). The lowest BCUT2D eigenvalue weighted by Crippen LogP contribution is -2.28. The fraction of sp³-hybridized carbons (Fsp3) is 0.111. The monoisotopic (exact) mass is 369 g/mol. The Morgan fingerprint density at radius 3 is 2.42 bits per heavy atom. The predicted octanol–water partition coefficient (Wildman–Crippen LogP) is 3.92. The first-order chi connectivity index (χ1) is 12.5. The van der Waals surface area contributed by atoms with E-state index < -0.39 is 4.92 Å². The van der Waals surface area contributed by atoms with Gasteiger partial charge in [-0.3, -0.25) is 19.8 Å². The molecule has 0 saturated carbocycles. The van der Waals surface area contributed by atoms with E-state index in [0.717, 1.165) is 0 Å². The van der Waals surface area contributed by atoms with Crippen molar-refractivity contribution in [1.29, 1.82) is 0 Å². The number of rotatable bonds is 4. The standard InChI is InChI=1S/C18H15N3O4S/c1-2-20-17(23)16(11-12-3-7-14(8-4-12)21(24)25)26-18(20)19-13-5-9-15(22)10-6-13/h3-11,22H,2H2,1H3/b16-11-,19-18?. The number of nitro benzene ring substituents is 1. The van der Waals surface area contributed by atoms with Gasteiger partial charge in [0.05, 0.1) is 15.5 Å². The number of aromatic hydroxyl groups is 1. The molecule has 0 atom stereocenters. The van der Waals surface area contributed by atoms with Crippen LogP contribution in [0.15, 0.2) is 58.4 Å². The van der Waals surface area contributed by atoms with Crippen molar-refractivity contribution in [2.24, 2.45) is 4.99 Å². The van der Waals surface area contributed by atoms with Crippen molar-refractivity contribution in [3.8, 4) is 5.75 Å². The first kappa shape index (κ1) is 17.7. The summed E-state index contributed by atoms with van der Waals surface area (Å²) in [5.74, 6) is -0.0106. The van der Waals surface area contributed by atoms with E-state index in [9.17, 15) is 20.0 Å². The number of aliphatic imine (C=N–C) groups is 1. The van der Waals surface area contributed by atoms with Gasteiger partial charge in [-0.1, -0.05) is 0 Å². The fourth-order valence-electron chi connectivity index (χ4n) is 2.35. The molecule has 1 saturated heterocycles. The first-order valence-electron chi connectivity index (χ1n) is 7.81. The molecule has 132 valence electrons. The van der Waals surface area contributed by atoms with Crippen molar-refractivity contribution < 1.29 is 14.8 Å². The van der Waals surface area contributed by atoms with Gasteiger partial charge in [0.25, 0.3) is 11.6 Å². The molecule has 1 heterocycles. The number of non-ortho nitro benzene ring substituents is 1. The number of benzene rings is 2. The van der Waals surface area contributed by atoms with Crippen molar-refractivity contribution >= 4 is 40.3 Å². The first-order valence-corrected chi connectivity index (χ1v) is 8.63. The molecule has 0 radical (unpaired) electrons. The number of nitrogens with zero attached hydrogens (tertiary/aromatic N) is 3. The molecule has 2 aromatic rings. The number of carbonyl (C=O) groups is 1. The lowest BCUT2D eigenvalue weighted by molar-refractivity contribution is -0.384. The van der Waals surface area contributed by atoms with Crippen LogP contribution in [0.4, 0.5) is 11.4 Å². The Labute approximate surface area is 153 Å². The SMILES string of the molecule is CCN1C(=O)/C(=C/c2ccc([N+](=O)[O-])cc2)SC1=Nc1ccc(O)cc1. The van der Waals surface area contributed by atoms with Gasteiger partial charge in [-0.25, -0.2) is 4.99 Å². The Balaban J connectivity index is 1.88. The van der Waals surface area contributed by atoms with Gasteiger partial charge in [0.2, 0.25) is 0 Å². The van der Waals surface area contributed by atoms with Crippen molar-refractivity contribution in [2.45, 2.75) is 6.92 Å². The number of thioether (sulfide) groups is 1. The maximum atomic E-state index is 12.6. The van der Waals surface area contributed by atoms with Crippen LogP contribution in [0.5, 0.6) is 5.75 Å². The third kappa shape index (κ3) is 3.75. The molecule has 2 aromatic carbocycles. The Hall–Kier alpha value is -3.13. The number of amidine groups is 1. The van der Waals surface area contributed by atoms with Crippen LogP contribution in [-0.4, -0.2) is 32.5 Å². The molecule has 1 amide bonds. The average molecular weight is 369 g/mol. The van der Waals surface area contributed by atoms with Crippen LogP contribution in [0, 0.1) is 10.1 Å². The zero-order chi connectivity index (χ0) is 18.7. The van der Waals surface area contributed by atoms with Gasteiger partial charge in [-0.05, 0) is 66.7 Å². The second-order valence-corrected chi connectivity index (χ2v) is 6.43. The van der Waals surface area contributed by atoms with Crippen molar-refractivity contribution in [1.82, 2.24) is 4.90 Å². The van der Waals surface area contributed by atoms with Gasteiger partial charge in [0, 0.05) is 18.7 Å². The highest BCUT2D eigenvalue weighted by atomic mass is 32.2. The van der Waals surface area contributed by atoms with Crippen molar-refractivity contribution in [3.05, 3.63) is 69.1 Å². The molecule has 0 aliphatic carbocycles. The van der Waals surface area contributed by atoms with E-state index in [1.807, 2.05) is 6.92 Å². The molecule has 8 heteroatoms. The second kappa shape index (κ2) is 7.40. The van der Waals surface area contributed by atoms with Crippen LogP contribution >= 0.6 is 11.8 Å². The van der Waals surface area contributed by atoms with Crippen LogP contribution < -0.4 is 0 Å². The number of hydrogen-bond acceptors (Lipinski definition) is 6. The number of phenolic OH excluding ortho intramolecular Hbond substituents is 1. The van der Waals surface area contributed by atoms with Gasteiger partial charge >= 0.3 is 0 Å². The van der Waals surface area contributed by atoms with Crippen LogP contribution in [-0.2, 0) is 4.79 Å². The summed E-state index contributed by atoms with van der Waals surface area (Å²) < 4.78 is 0. The van der Waals surface area contributed by atoms with Crippen LogP contribution in [0.25, 0.3) is 6.08 Å². The molecule has 0 bridgehead atoms. The molecule has 0 unspecified atom stereocenters. The molecular weight excluding hydrogens is 354 g/mol. The highest BCUT2D eigenvalue weighted by Crippen LogP contribution is 2.34. The lowest BCUT2D eigenvalue weighted by Gasteiger charge is -2.11. The van der Waals surface area contributed by atoms with Crippen molar-refractivity contribution in [2.75, 3.05) is 6.54 Å². The van der Waals surface area contributed by atoms with Crippen molar-refractivity contribution in [3.63, 3.8) is 0 Å². The largest absolute Gasteiger partial charge is 0.508 e. The Morgan fingerprint density at radius 1 is 1.19 bits per heavy atom. The minimum absolute atomic E-state index is 0.00215. The van der Waals surface area contributed by atoms with E-state index in [1.54, 1.807) is 35.2 Å². The summed E-state index contributed by atoms with van der Waals surface area (Å²) in [4.78, 5) is 29.4. The van der Waals surface area contributed by atoms with Crippen LogP contribution in [0.1, 0.15) is 12.5 Å². The number of amides is 1. The number of phenols is 1. The number of carbonyl (C=O) groups excluding carboxylic acids is 1. The summed E-state index contributed by atoms with van der Waals surface area (Å²) in [6.45, 7) is 2.33. The van der Waals surface area contributed by atoms with E-state index in [1.165, 1.54) is 36.0 Å². The number of nitro groups is 1. The topological polar surface area (TPSA) is 96.0 Å². The molecular formula is C18H15N3O4S.